The van der Waals surface area contributed by atoms with E-state index in [0.717, 1.165) is 11.6 Å². The lowest BCUT2D eigenvalue weighted by Crippen LogP contribution is -2.44. The summed E-state index contributed by atoms with van der Waals surface area (Å²) >= 11 is 0. The van der Waals surface area contributed by atoms with Crippen LogP contribution in [0.25, 0.3) is 0 Å². The summed E-state index contributed by atoms with van der Waals surface area (Å²) in [4.78, 5) is 13.0. The first-order valence-corrected chi connectivity index (χ1v) is 7.03. The number of nitrogens with zero attached hydrogens (tertiary/aromatic N) is 1. The number of piperidine rings is 1. The van der Waals surface area contributed by atoms with Crippen LogP contribution in [0.15, 0.2) is 42.0 Å². The second-order valence-electron chi connectivity index (χ2n) is 5.07. The van der Waals surface area contributed by atoms with E-state index in [0.29, 0.717) is 13.1 Å². The standard InChI is InChI=1S/C16H19F2NO2/c1-2-21-15(20)10-14-8-9-19(12-16(14,17)18)11-13-6-4-3-5-7-13/h3-7,10H,2,8-9,11-12H2,1H3/b14-10-. The second-order valence-corrected chi connectivity index (χ2v) is 5.07. The fourth-order valence-corrected chi connectivity index (χ4v) is 2.40. The van der Waals surface area contributed by atoms with Crippen LogP contribution in [0.5, 0.6) is 0 Å². The van der Waals surface area contributed by atoms with Gasteiger partial charge in [0.15, 0.2) is 0 Å². The third kappa shape index (κ3) is 4.36. The number of halogens is 2. The van der Waals surface area contributed by atoms with Gasteiger partial charge in [0.1, 0.15) is 0 Å². The zero-order chi connectivity index (χ0) is 15.3. The minimum absolute atomic E-state index is 0.134. The van der Waals surface area contributed by atoms with E-state index in [9.17, 15) is 13.6 Å². The van der Waals surface area contributed by atoms with E-state index < -0.39 is 11.9 Å². The van der Waals surface area contributed by atoms with Gasteiger partial charge in [-0.1, -0.05) is 30.3 Å². The normalized spacial score (nSPS) is 20.4. The van der Waals surface area contributed by atoms with Crippen LogP contribution < -0.4 is 0 Å². The third-order valence-electron chi connectivity index (χ3n) is 3.42. The maximum absolute atomic E-state index is 14.1. The van der Waals surface area contributed by atoms with Gasteiger partial charge in [-0.3, -0.25) is 4.90 Å². The van der Waals surface area contributed by atoms with Crippen molar-refractivity contribution in [1.29, 1.82) is 0 Å². The number of esters is 1. The maximum atomic E-state index is 14.1. The molecule has 0 N–H and O–H groups in total. The number of alkyl halides is 2. The molecule has 3 nitrogen and oxygen atoms in total. The SMILES string of the molecule is CCOC(=O)/C=C1/CCN(Cc2ccccc2)CC1(F)F. The van der Waals surface area contributed by atoms with Crippen molar-refractivity contribution in [3.05, 3.63) is 47.5 Å². The van der Waals surface area contributed by atoms with E-state index in [1.54, 1.807) is 11.8 Å². The van der Waals surface area contributed by atoms with Crippen LogP contribution in [-0.2, 0) is 16.1 Å². The highest BCUT2D eigenvalue weighted by molar-refractivity contribution is 5.83. The lowest BCUT2D eigenvalue weighted by molar-refractivity contribution is -0.137. The molecule has 2 rings (SSSR count). The second kappa shape index (κ2) is 6.80. The van der Waals surface area contributed by atoms with E-state index >= 15 is 0 Å². The fraction of sp³-hybridized carbons (Fsp3) is 0.438. The van der Waals surface area contributed by atoms with E-state index in [1.807, 2.05) is 30.3 Å². The van der Waals surface area contributed by atoms with Crippen molar-refractivity contribution in [3.8, 4) is 0 Å². The molecule has 1 aromatic rings. The molecule has 0 atom stereocenters. The Morgan fingerprint density at radius 2 is 2.10 bits per heavy atom. The fourth-order valence-electron chi connectivity index (χ4n) is 2.40. The number of hydrogen-bond acceptors (Lipinski definition) is 3. The minimum Gasteiger partial charge on any atom is -0.463 e. The quantitative estimate of drug-likeness (QED) is 0.631. The van der Waals surface area contributed by atoms with Crippen molar-refractivity contribution in [1.82, 2.24) is 4.90 Å². The predicted octanol–water partition coefficient (Wildman–Crippen LogP) is 3.02. The van der Waals surface area contributed by atoms with E-state index in [-0.39, 0.29) is 25.1 Å². The molecule has 1 aliphatic heterocycles. The van der Waals surface area contributed by atoms with Gasteiger partial charge >= 0.3 is 5.97 Å². The summed E-state index contributed by atoms with van der Waals surface area (Å²) in [7, 11) is 0. The number of likely N-dealkylation sites (tertiary alicyclic amines) is 1. The Labute approximate surface area is 123 Å². The van der Waals surface area contributed by atoms with Crippen molar-refractivity contribution >= 4 is 5.97 Å². The van der Waals surface area contributed by atoms with E-state index in [4.69, 9.17) is 4.74 Å². The Bertz CT molecular complexity index is 514. The number of carbonyl (C=O) groups is 1. The highest BCUT2D eigenvalue weighted by Gasteiger charge is 2.40. The van der Waals surface area contributed by atoms with Crippen molar-refractivity contribution < 1.29 is 18.3 Å². The summed E-state index contributed by atoms with van der Waals surface area (Å²) in [5.74, 6) is -3.68. The van der Waals surface area contributed by atoms with Gasteiger partial charge in [-0.25, -0.2) is 13.6 Å². The first-order valence-electron chi connectivity index (χ1n) is 7.03. The summed E-state index contributed by atoms with van der Waals surface area (Å²) in [6.45, 7) is 2.47. The number of hydrogen-bond donors (Lipinski definition) is 0. The van der Waals surface area contributed by atoms with Gasteiger partial charge in [0.25, 0.3) is 5.92 Å². The number of ether oxygens (including phenoxy) is 1. The average molecular weight is 295 g/mol. The monoisotopic (exact) mass is 295 g/mol. The highest BCUT2D eigenvalue weighted by Crippen LogP contribution is 2.32. The zero-order valence-electron chi connectivity index (χ0n) is 12.0. The first-order chi connectivity index (χ1) is 10.0. The first kappa shape index (κ1) is 15.6. The Hall–Kier alpha value is -1.75. The van der Waals surface area contributed by atoms with Crippen molar-refractivity contribution in [2.75, 3.05) is 19.7 Å². The van der Waals surface area contributed by atoms with Gasteiger partial charge in [-0.05, 0) is 18.9 Å². The van der Waals surface area contributed by atoms with Gasteiger partial charge < -0.3 is 4.74 Å². The molecule has 1 aliphatic rings. The largest absolute Gasteiger partial charge is 0.463 e. The van der Waals surface area contributed by atoms with Crippen LogP contribution in [0.3, 0.4) is 0 Å². The molecular weight excluding hydrogens is 276 g/mol. The molecular formula is C16H19F2NO2. The van der Waals surface area contributed by atoms with Crippen LogP contribution in [0.1, 0.15) is 18.9 Å². The third-order valence-corrected chi connectivity index (χ3v) is 3.42. The van der Waals surface area contributed by atoms with Crippen LogP contribution in [0, 0.1) is 0 Å². The molecule has 0 amide bonds. The predicted molar refractivity (Wildman–Crippen MR) is 76.0 cm³/mol. The molecule has 0 unspecified atom stereocenters. The molecule has 0 radical (unpaired) electrons. The number of carbonyl (C=O) groups excluding carboxylic acids is 1. The molecule has 0 aromatic heterocycles. The van der Waals surface area contributed by atoms with Gasteiger partial charge in [0.05, 0.1) is 13.2 Å². The van der Waals surface area contributed by atoms with Gasteiger partial charge in [0, 0.05) is 24.7 Å². The molecule has 1 fully saturated rings. The molecule has 0 spiro atoms. The van der Waals surface area contributed by atoms with E-state index in [2.05, 4.69) is 0 Å². The lowest BCUT2D eigenvalue weighted by Gasteiger charge is -2.34. The molecule has 0 aliphatic carbocycles. The minimum atomic E-state index is -2.99. The Balaban J connectivity index is 2.00. The number of rotatable bonds is 4. The summed E-state index contributed by atoms with van der Waals surface area (Å²) in [5, 5.41) is 0. The number of benzene rings is 1. The molecule has 114 valence electrons. The van der Waals surface area contributed by atoms with Crippen molar-refractivity contribution in [3.63, 3.8) is 0 Å². The molecule has 0 bridgehead atoms. The summed E-state index contributed by atoms with van der Waals surface area (Å²) in [6.07, 6.45) is 1.13. The molecule has 1 saturated heterocycles. The van der Waals surface area contributed by atoms with Crippen LogP contribution >= 0.6 is 0 Å². The lowest BCUT2D eigenvalue weighted by atomic mass is 9.99. The van der Waals surface area contributed by atoms with Gasteiger partial charge in [0.2, 0.25) is 0 Å². The molecule has 0 saturated carbocycles. The smallest absolute Gasteiger partial charge is 0.330 e. The van der Waals surface area contributed by atoms with Crippen LogP contribution in [-0.4, -0.2) is 36.5 Å². The molecule has 1 heterocycles. The van der Waals surface area contributed by atoms with E-state index in [1.165, 1.54) is 0 Å². The summed E-state index contributed by atoms with van der Waals surface area (Å²) in [6, 6.07) is 9.52. The zero-order valence-corrected chi connectivity index (χ0v) is 12.0. The Morgan fingerprint density at radius 1 is 1.38 bits per heavy atom. The highest BCUT2D eigenvalue weighted by atomic mass is 19.3. The Kier molecular flexibility index (Phi) is 5.07. The van der Waals surface area contributed by atoms with Crippen molar-refractivity contribution in [2.45, 2.75) is 25.8 Å². The Morgan fingerprint density at radius 3 is 2.71 bits per heavy atom. The topological polar surface area (TPSA) is 29.5 Å². The van der Waals surface area contributed by atoms with Gasteiger partial charge in [-0.2, -0.15) is 0 Å². The van der Waals surface area contributed by atoms with Crippen molar-refractivity contribution in [2.24, 2.45) is 0 Å². The summed E-state index contributed by atoms with van der Waals surface area (Å²) < 4.78 is 32.9. The maximum Gasteiger partial charge on any atom is 0.330 e. The molecule has 1 aromatic carbocycles. The molecule has 21 heavy (non-hydrogen) atoms. The average Bonchev–Trinajstić information content (AvgIpc) is 2.43. The molecule has 5 heteroatoms. The van der Waals surface area contributed by atoms with Gasteiger partial charge in [-0.15, -0.1) is 0 Å². The van der Waals surface area contributed by atoms with Crippen LogP contribution in [0.4, 0.5) is 8.78 Å². The van der Waals surface area contributed by atoms with Crippen LogP contribution in [0.2, 0.25) is 0 Å². The summed E-state index contributed by atoms with van der Waals surface area (Å²) in [5.41, 5.74) is 0.872.